The van der Waals surface area contributed by atoms with Crippen LogP contribution in [0.3, 0.4) is 0 Å². The van der Waals surface area contributed by atoms with Crippen molar-refractivity contribution in [3.8, 4) is 0 Å². The van der Waals surface area contributed by atoms with Crippen molar-refractivity contribution >= 4 is 23.7 Å². The van der Waals surface area contributed by atoms with Gasteiger partial charge in [0.15, 0.2) is 0 Å². The van der Waals surface area contributed by atoms with E-state index in [9.17, 15) is 14.5 Å². The minimum absolute atomic E-state index is 0.0160. The highest BCUT2D eigenvalue weighted by molar-refractivity contribution is 6.20. The van der Waals surface area contributed by atoms with E-state index in [-0.39, 0.29) is 19.5 Å². The maximum Gasteiger partial charge on any atom is 0.335 e. The Morgan fingerprint density at radius 2 is 2.25 bits per heavy atom. The number of carboxylic acid groups (broad SMARTS) is 1. The number of hydrogen-bond acceptors (Lipinski definition) is 5. The molecule has 0 bridgehead atoms. The molecule has 1 aliphatic rings. The van der Waals surface area contributed by atoms with E-state index in [4.69, 9.17) is 16.9 Å². The second-order valence-corrected chi connectivity index (χ2v) is 3.87. The first kappa shape index (κ1) is 12.9. The van der Waals surface area contributed by atoms with Gasteiger partial charge < -0.3 is 5.11 Å². The number of likely N-dealkylation sites (N-methyl/N-ethyl adjacent to an activating group) is 1. The van der Waals surface area contributed by atoms with E-state index >= 15 is 0 Å². The molecule has 0 spiro atoms. The van der Waals surface area contributed by atoms with Crippen LogP contribution in [0, 0.1) is 4.91 Å². The highest BCUT2D eigenvalue weighted by Gasteiger charge is 2.56. The smallest absolute Gasteiger partial charge is 0.335 e. The second-order valence-electron chi connectivity index (χ2n) is 3.46. The van der Waals surface area contributed by atoms with Gasteiger partial charge in [-0.2, -0.15) is 9.43 Å². The van der Waals surface area contributed by atoms with Crippen molar-refractivity contribution in [2.45, 2.75) is 25.3 Å². The van der Waals surface area contributed by atoms with Crippen molar-refractivity contribution in [3.05, 3.63) is 4.91 Å². The van der Waals surface area contributed by atoms with Gasteiger partial charge in [-0.15, -0.1) is 4.91 Å². The summed E-state index contributed by atoms with van der Waals surface area (Å²) in [6.45, 7) is 1.83. The SMILES string of the molecule is CCN(N=O)C(=O)[C@@]1(C(=O)O)CCCN1Cl. The van der Waals surface area contributed by atoms with E-state index in [1.54, 1.807) is 0 Å². The molecule has 0 aromatic carbocycles. The Morgan fingerprint density at radius 1 is 1.62 bits per heavy atom. The summed E-state index contributed by atoms with van der Waals surface area (Å²) in [5, 5.41) is 12.2. The quantitative estimate of drug-likeness (QED) is 0.341. The van der Waals surface area contributed by atoms with Crippen LogP contribution in [0.15, 0.2) is 5.29 Å². The van der Waals surface area contributed by atoms with Crippen LogP contribution in [0.4, 0.5) is 0 Å². The van der Waals surface area contributed by atoms with Crippen LogP contribution in [-0.4, -0.2) is 45.0 Å². The van der Waals surface area contributed by atoms with E-state index in [2.05, 4.69) is 5.29 Å². The standard InChI is InChI=1S/C8H12ClN3O4/c1-2-11(10-16)6(13)8(7(14)15)4-3-5-12(8)9/h2-5H2,1H3,(H,14,15)/t8-/m1/s1. The Balaban J connectivity index is 3.07. The zero-order chi connectivity index (χ0) is 12.3. The third-order valence-electron chi connectivity index (χ3n) is 2.65. The van der Waals surface area contributed by atoms with Crippen molar-refractivity contribution in [1.82, 2.24) is 9.43 Å². The molecule has 90 valence electrons. The number of carbonyl (C=O) groups is 2. The summed E-state index contributed by atoms with van der Waals surface area (Å²) in [4.78, 5) is 33.5. The van der Waals surface area contributed by atoms with Crippen LogP contribution in [-0.2, 0) is 9.59 Å². The molecule has 1 atom stereocenters. The lowest BCUT2D eigenvalue weighted by Crippen LogP contribution is -2.57. The molecule has 0 aromatic rings. The number of hydrogen-bond donors (Lipinski definition) is 1. The molecule has 0 radical (unpaired) electrons. The molecule has 0 aromatic heterocycles. The minimum Gasteiger partial charge on any atom is -0.479 e. The lowest BCUT2D eigenvalue weighted by atomic mass is 9.96. The molecule has 1 N–H and O–H groups in total. The molecule has 0 saturated carbocycles. The maximum atomic E-state index is 11.9. The van der Waals surface area contributed by atoms with Crippen molar-refractivity contribution in [2.24, 2.45) is 5.29 Å². The number of halogens is 1. The molecular weight excluding hydrogens is 238 g/mol. The Hall–Kier alpha value is -1.21. The fraction of sp³-hybridized carbons (Fsp3) is 0.750. The van der Waals surface area contributed by atoms with Gasteiger partial charge in [-0.25, -0.2) is 4.79 Å². The van der Waals surface area contributed by atoms with E-state index in [1.807, 2.05) is 0 Å². The summed E-state index contributed by atoms with van der Waals surface area (Å²) >= 11 is 5.74. The lowest BCUT2D eigenvalue weighted by Gasteiger charge is -2.29. The van der Waals surface area contributed by atoms with Crippen molar-refractivity contribution in [3.63, 3.8) is 0 Å². The Kier molecular flexibility index (Phi) is 3.82. The Labute approximate surface area is 97.0 Å². The topological polar surface area (TPSA) is 90.3 Å². The largest absolute Gasteiger partial charge is 0.479 e. The number of amides is 1. The summed E-state index contributed by atoms with van der Waals surface area (Å²) in [6, 6.07) is 0. The van der Waals surface area contributed by atoms with E-state index < -0.39 is 17.4 Å². The number of nitrogens with zero attached hydrogens (tertiary/aromatic N) is 3. The molecule has 0 aliphatic carbocycles. The van der Waals surface area contributed by atoms with Crippen LogP contribution in [0.2, 0.25) is 0 Å². The number of aliphatic carboxylic acids is 1. The normalized spacial score (nSPS) is 25.4. The number of nitroso groups, excluding NO2 is 1. The number of carbonyl (C=O) groups excluding carboxylic acids is 1. The van der Waals surface area contributed by atoms with Gasteiger partial charge in [0.25, 0.3) is 5.91 Å². The molecule has 1 amide bonds. The van der Waals surface area contributed by atoms with Gasteiger partial charge in [0.2, 0.25) is 5.54 Å². The minimum atomic E-state index is -1.86. The van der Waals surface area contributed by atoms with Crippen LogP contribution in [0.5, 0.6) is 0 Å². The summed E-state index contributed by atoms with van der Waals surface area (Å²) in [6.07, 6.45) is 0.564. The van der Waals surface area contributed by atoms with E-state index in [1.165, 1.54) is 6.92 Å². The molecule has 1 saturated heterocycles. The van der Waals surface area contributed by atoms with Gasteiger partial charge in [-0.3, -0.25) is 4.79 Å². The van der Waals surface area contributed by atoms with Gasteiger partial charge >= 0.3 is 5.97 Å². The van der Waals surface area contributed by atoms with E-state index in [0.717, 1.165) is 4.42 Å². The van der Waals surface area contributed by atoms with Gasteiger partial charge in [0, 0.05) is 13.1 Å². The van der Waals surface area contributed by atoms with E-state index in [0.29, 0.717) is 11.4 Å². The molecular formula is C8H12ClN3O4. The fourth-order valence-electron chi connectivity index (χ4n) is 1.75. The van der Waals surface area contributed by atoms with Gasteiger partial charge in [0.05, 0.1) is 5.29 Å². The average Bonchev–Trinajstić information content (AvgIpc) is 2.62. The molecule has 0 unspecified atom stereocenters. The summed E-state index contributed by atoms with van der Waals surface area (Å²) in [5.74, 6) is -2.24. The predicted molar refractivity (Wildman–Crippen MR) is 55.3 cm³/mol. The summed E-state index contributed by atoms with van der Waals surface area (Å²) < 4.78 is 0.936. The van der Waals surface area contributed by atoms with Gasteiger partial charge in [-0.05, 0) is 31.5 Å². The highest BCUT2D eigenvalue weighted by Crippen LogP contribution is 2.33. The summed E-state index contributed by atoms with van der Waals surface area (Å²) in [5.41, 5.74) is -1.86. The first-order chi connectivity index (χ1) is 7.50. The zero-order valence-electron chi connectivity index (χ0n) is 8.72. The molecule has 1 fully saturated rings. The van der Waals surface area contributed by atoms with Crippen molar-refractivity contribution in [2.75, 3.05) is 13.1 Å². The van der Waals surface area contributed by atoms with Gasteiger partial charge in [-0.1, -0.05) is 0 Å². The van der Waals surface area contributed by atoms with Crippen molar-refractivity contribution in [1.29, 1.82) is 0 Å². The average molecular weight is 250 g/mol. The molecule has 7 nitrogen and oxygen atoms in total. The van der Waals surface area contributed by atoms with Crippen molar-refractivity contribution < 1.29 is 14.7 Å². The maximum absolute atomic E-state index is 11.9. The zero-order valence-corrected chi connectivity index (χ0v) is 9.48. The first-order valence-corrected chi connectivity index (χ1v) is 5.16. The third kappa shape index (κ3) is 1.76. The number of rotatable bonds is 4. The monoisotopic (exact) mass is 249 g/mol. The molecule has 1 aliphatic heterocycles. The third-order valence-corrected chi connectivity index (χ3v) is 3.10. The predicted octanol–water partition coefficient (Wildman–Crippen LogP) is 0.589. The van der Waals surface area contributed by atoms with Crippen LogP contribution in [0.25, 0.3) is 0 Å². The Morgan fingerprint density at radius 3 is 2.56 bits per heavy atom. The molecule has 16 heavy (non-hydrogen) atoms. The molecule has 8 heteroatoms. The molecule has 1 heterocycles. The highest BCUT2D eigenvalue weighted by atomic mass is 35.5. The first-order valence-electron chi connectivity index (χ1n) is 4.82. The van der Waals surface area contributed by atoms with Gasteiger partial charge in [0.1, 0.15) is 0 Å². The van der Waals surface area contributed by atoms with Crippen LogP contribution < -0.4 is 0 Å². The van der Waals surface area contributed by atoms with Crippen LogP contribution >= 0.6 is 11.8 Å². The second kappa shape index (κ2) is 4.75. The number of carboxylic acids is 1. The Bertz CT molecular complexity index is 324. The fourth-order valence-corrected chi connectivity index (χ4v) is 2.10. The lowest BCUT2D eigenvalue weighted by molar-refractivity contribution is -0.158. The summed E-state index contributed by atoms with van der Waals surface area (Å²) in [7, 11) is 0. The van der Waals surface area contributed by atoms with Crippen LogP contribution in [0.1, 0.15) is 19.8 Å². The molecule has 1 rings (SSSR count).